The summed E-state index contributed by atoms with van der Waals surface area (Å²) in [6.45, 7) is 0. The summed E-state index contributed by atoms with van der Waals surface area (Å²) >= 11 is -2.35. The fourth-order valence-electron chi connectivity index (χ4n) is 0.390. The fraction of sp³-hybridized carbons (Fsp3) is 1.00. The van der Waals surface area contributed by atoms with E-state index in [4.69, 9.17) is 0 Å². The summed E-state index contributed by atoms with van der Waals surface area (Å²) in [4.78, 5) is 0. The van der Waals surface area contributed by atoms with Gasteiger partial charge in [-0.1, -0.05) is 11.1 Å². The SMILES string of the molecule is O=S([O-])CCCC(F)(F)F.[Na+]. The van der Waals surface area contributed by atoms with Crippen molar-refractivity contribution in [3.63, 3.8) is 0 Å². The van der Waals surface area contributed by atoms with Crippen molar-refractivity contribution in [3.8, 4) is 0 Å². The molecule has 0 aliphatic rings. The number of alkyl halides is 3. The molecule has 11 heavy (non-hydrogen) atoms. The molecule has 0 N–H and O–H groups in total. The number of rotatable bonds is 3. The van der Waals surface area contributed by atoms with Crippen LogP contribution in [-0.4, -0.2) is 20.7 Å². The zero-order chi connectivity index (χ0) is 8.20. The summed E-state index contributed by atoms with van der Waals surface area (Å²) in [5.74, 6) is -0.417. The third-order valence-corrected chi connectivity index (χ3v) is 1.39. The van der Waals surface area contributed by atoms with E-state index in [1.807, 2.05) is 0 Å². The van der Waals surface area contributed by atoms with Crippen molar-refractivity contribution >= 4 is 11.1 Å². The number of hydrogen-bond acceptors (Lipinski definition) is 2. The Bertz CT molecular complexity index is 127. The van der Waals surface area contributed by atoms with Crippen molar-refractivity contribution in [1.29, 1.82) is 0 Å². The van der Waals surface area contributed by atoms with Crippen molar-refractivity contribution in [2.24, 2.45) is 0 Å². The molecule has 0 spiro atoms. The Balaban J connectivity index is 0. The molecule has 0 saturated carbocycles. The Morgan fingerprint density at radius 2 is 1.82 bits per heavy atom. The van der Waals surface area contributed by atoms with Gasteiger partial charge in [0.25, 0.3) is 0 Å². The molecule has 0 aromatic carbocycles. The minimum absolute atomic E-state index is 0. The van der Waals surface area contributed by atoms with Crippen molar-refractivity contribution in [2.75, 3.05) is 5.75 Å². The van der Waals surface area contributed by atoms with Crippen LogP contribution in [0.2, 0.25) is 0 Å². The molecule has 0 aromatic rings. The van der Waals surface area contributed by atoms with E-state index in [0.29, 0.717) is 0 Å². The first-order valence-corrected chi connectivity index (χ1v) is 3.79. The molecule has 1 unspecified atom stereocenters. The summed E-state index contributed by atoms with van der Waals surface area (Å²) in [7, 11) is 0. The van der Waals surface area contributed by atoms with Gasteiger partial charge in [0.05, 0.1) is 0 Å². The van der Waals surface area contributed by atoms with Crippen molar-refractivity contribution < 1.29 is 51.5 Å². The summed E-state index contributed by atoms with van der Waals surface area (Å²) in [5.41, 5.74) is 0. The normalized spacial score (nSPS) is 13.8. The smallest absolute Gasteiger partial charge is 0.772 e. The Kier molecular flexibility index (Phi) is 8.42. The largest absolute Gasteiger partial charge is 1.00 e. The van der Waals surface area contributed by atoms with E-state index in [2.05, 4.69) is 0 Å². The second-order valence-corrected chi connectivity index (χ2v) is 2.74. The molecule has 0 aromatic heterocycles. The number of halogens is 3. The van der Waals surface area contributed by atoms with Crippen LogP contribution in [0.4, 0.5) is 13.2 Å². The Morgan fingerprint density at radius 1 is 1.36 bits per heavy atom. The van der Waals surface area contributed by atoms with Gasteiger partial charge >= 0.3 is 35.7 Å². The van der Waals surface area contributed by atoms with Gasteiger partial charge in [-0.3, -0.25) is 4.21 Å². The quantitative estimate of drug-likeness (QED) is 0.397. The van der Waals surface area contributed by atoms with E-state index in [0.717, 1.165) is 0 Å². The minimum atomic E-state index is -4.24. The van der Waals surface area contributed by atoms with Crippen LogP contribution in [0.3, 0.4) is 0 Å². The maximum Gasteiger partial charge on any atom is 1.00 e. The van der Waals surface area contributed by atoms with Gasteiger partial charge in [0.1, 0.15) is 0 Å². The van der Waals surface area contributed by atoms with Gasteiger partial charge in [-0.2, -0.15) is 13.2 Å². The van der Waals surface area contributed by atoms with Crippen LogP contribution >= 0.6 is 0 Å². The Hall–Kier alpha value is 0.900. The van der Waals surface area contributed by atoms with E-state index in [9.17, 15) is 21.9 Å². The first-order valence-electron chi connectivity index (χ1n) is 2.54. The summed E-state index contributed by atoms with van der Waals surface area (Å²) in [5, 5.41) is 0. The maximum atomic E-state index is 11.3. The third kappa shape index (κ3) is 13.8. The number of hydrogen-bond donors (Lipinski definition) is 0. The molecule has 0 rings (SSSR count). The van der Waals surface area contributed by atoms with E-state index in [1.54, 1.807) is 0 Å². The van der Waals surface area contributed by atoms with Crippen LogP contribution in [0.25, 0.3) is 0 Å². The zero-order valence-electron chi connectivity index (χ0n) is 5.98. The molecule has 1 atom stereocenters. The second-order valence-electron chi connectivity index (χ2n) is 1.73. The van der Waals surface area contributed by atoms with Gasteiger partial charge in [-0.05, 0) is 6.42 Å². The maximum absolute atomic E-state index is 11.3. The van der Waals surface area contributed by atoms with Crippen molar-refractivity contribution in [3.05, 3.63) is 0 Å². The molecule has 7 heteroatoms. The Morgan fingerprint density at radius 3 is 2.09 bits per heavy atom. The predicted molar refractivity (Wildman–Crippen MR) is 29.1 cm³/mol. The van der Waals surface area contributed by atoms with Gasteiger partial charge in [0.2, 0.25) is 0 Å². The van der Waals surface area contributed by atoms with Crippen LogP contribution in [0.5, 0.6) is 0 Å². The van der Waals surface area contributed by atoms with Crippen LogP contribution in [-0.2, 0) is 11.1 Å². The molecule has 0 aliphatic carbocycles. The van der Waals surface area contributed by atoms with Gasteiger partial charge in [-0.25, -0.2) is 0 Å². The summed E-state index contributed by atoms with van der Waals surface area (Å²) < 4.78 is 53.4. The molecule has 0 radical (unpaired) electrons. The molecule has 0 saturated heterocycles. The molecule has 0 heterocycles. The molecule has 0 bridgehead atoms. The average Bonchev–Trinajstić information content (AvgIpc) is 1.59. The van der Waals surface area contributed by atoms with E-state index >= 15 is 0 Å². The van der Waals surface area contributed by atoms with Crippen molar-refractivity contribution in [2.45, 2.75) is 19.0 Å². The van der Waals surface area contributed by atoms with Gasteiger partial charge in [-0.15, -0.1) is 0 Å². The molecule has 2 nitrogen and oxygen atoms in total. The molecule has 0 fully saturated rings. The van der Waals surface area contributed by atoms with Crippen LogP contribution in [0, 0.1) is 0 Å². The van der Waals surface area contributed by atoms with E-state index in [1.165, 1.54) is 0 Å². The molecule has 0 amide bonds. The van der Waals surface area contributed by atoms with Crippen LogP contribution in [0.1, 0.15) is 12.8 Å². The molecule has 0 aliphatic heterocycles. The molecular formula is C4H6F3NaO2S. The summed E-state index contributed by atoms with van der Waals surface area (Å²) in [6.07, 6.45) is -5.61. The van der Waals surface area contributed by atoms with Gasteiger partial charge in [0.15, 0.2) is 0 Å². The topological polar surface area (TPSA) is 40.1 Å². The molecule has 62 valence electrons. The Labute approximate surface area is 87.1 Å². The van der Waals surface area contributed by atoms with E-state index < -0.39 is 29.4 Å². The van der Waals surface area contributed by atoms with Crippen LogP contribution in [0.15, 0.2) is 0 Å². The fourth-order valence-corrected chi connectivity index (χ4v) is 0.771. The average molecular weight is 198 g/mol. The van der Waals surface area contributed by atoms with Gasteiger partial charge in [0, 0.05) is 12.2 Å². The van der Waals surface area contributed by atoms with Crippen LogP contribution < -0.4 is 29.6 Å². The minimum Gasteiger partial charge on any atom is -0.772 e. The van der Waals surface area contributed by atoms with Gasteiger partial charge < -0.3 is 4.55 Å². The van der Waals surface area contributed by atoms with Crippen molar-refractivity contribution in [1.82, 2.24) is 0 Å². The van der Waals surface area contributed by atoms with E-state index in [-0.39, 0.29) is 36.0 Å². The first kappa shape index (κ1) is 14.4. The second kappa shape index (κ2) is 6.42. The zero-order valence-corrected chi connectivity index (χ0v) is 8.80. The third-order valence-electron chi connectivity index (χ3n) is 0.771. The molecular weight excluding hydrogens is 192 g/mol. The standard InChI is InChI=1S/C4H7F3O2S.Na/c5-4(6,7)2-1-3-10(8)9;/h1-3H2,(H,8,9);/q;+1/p-1. The summed E-state index contributed by atoms with van der Waals surface area (Å²) in [6, 6.07) is 0. The monoisotopic (exact) mass is 198 g/mol. The first-order chi connectivity index (χ1) is 4.42. The predicted octanol–water partition coefficient (Wildman–Crippen LogP) is -1.79.